The quantitative estimate of drug-likeness (QED) is 0.200. The Kier molecular flexibility index (Phi) is 8.16. The number of likely N-dealkylation sites (tertiary alicyclic amines) is 1. The monoisotopic (exact) mass is 453 g/mol. The SMILES string of the molecule is O=C(CCCC[C@@H]1SC[C@@H]2NC(=O)N[C@@H]21)NCCCCC(C(=O)[O-])N1C(=O)CCC1=O. The smallest absolute Gasteiger partial charge is 0.315 e. The molecule has 0 aromatic heterocycles. The number of hydrogen-bond acceptors (Lipinski definition) is 7. The lowest BCUT2D eigenvalue weighted by Gasteiger charge is -2.27. The molecule has 3 aliphatic rings. The summed E-state index contributed by atoms with van der Waals surface area (Å²) in [5.41, 5.74) is 0. The van der Waals surface area contributed by atoms with Crippen molar-refractivity contribution in [2.45, 2.75) is 81.2 Å². The highest BCUT2D eigenvalue weighted by molar-refractivity contribution is 8.00. The van der Waals surface area contributed by atoms with Gasteiger partial charge in [0.2, 0.25) is 17.7 Å². The van der Waals surface area contributed by atoms with E-state index in [1.54, 1.807) is 0 Å². The lowest BCUT2D eigenvalue weighted by atomic mass is 10.0. The number of carbonyl (C=O) groups excluding carboxylic acids is 5. The molecule has 0 bridgehead atoms. The van der Waals surface area contributed by atoms with Crippen LogP contribution in [-0.4, -0.2) is 70.3 Å². The normalized spacial score (nSPS) is 25.9. The Morgan fingerprint density at radius 1 is 1.10 bits per heavy atom. The first-order valence-electron chi connectivity index (χ1n) is 10.9. The predicted octanol–water partition coefficient (Wildman–Crippen LogP) is -0.734. The molecule has 1 unspecified atom stereocenters. The standard InChI is InChI=1S/C20H30N4O6S/c25-15(7-2-1-6-14-18-12(11-31-14)22-20(30)23-18)21-10-4-3-5-13(19(28)29)24-16(26)8-9-17(24)27/h12-14,18H,1-11H2,(H,21,25)(H,28,29)(H2,22,23,30)/p-1/t12-,13?,14-,18-/m0/s1. The van der Waals surface area contributed by atoms with E-state index < -0.39 is 23.8 Å². The molecule has 5 amide bonds. The van der Waals surface area contributed by atoms with Gasteiger partial charge in [0.05, 0.1) is 24.1 Å². The van der Waals surface area contributed by atoms with Crippen LogP contribution in [0.4, 0.5) is 4.79 Å². The van der Waals surface area contributed by atoms with Crippen molar-refractivity contribution >= 4 is 41.5 Å². The highest BCUT2D eigenvalue weighted by Crippen LogP contribution is 2.33. The Balaban J connectivity index is 1.24. The molecule has 10 nitrogen and oxygen atoms in total. The van der Waals surface area contributed by atoms with Gasteiger partial charge in [0.15, 0.2) is 0 Å². The Morgan fingerprint density at radius 2 is 1.84 bits per heavy atom. The van der Waals surface area contributed by atoms with Crippen LogP contribution in [0.25, 0.3) is 0 Å². The van der Waals surface area contributed by atoms with Crippen molar-refractivity contribution in [3.63, 3.8) is 0 Å². The Bertz CT molecular complexity index is 716. The lowest BCUT2D eigenvalue weighted by molar-refractivity contribution is -0.311. The van der Waals surface area contributed by atoms with Crippen LogP contribution in [0.15, 0.2) is 0 Å². The third kappa shape index (κ3) is 6.11. The maximum atomic E-state index is 12.0. The summed E-state index contributed by atoms with van der Waals surface area (Å²) in [4.78, 5) is 58.9. The summed E-state index contributed by atoms with van der Waals surface area (Å²) < 4.78 is 0. The van der Waals surface area contributed by atoms with Gasteiger partial charge in [-0.2, -0.15) is 11.8 Å². The minimum Gasteiger partial charge on any atom is -0.548 e. The minimum absolute atomic E-state index is 0.0465. The molecule has 0 aromatic carbocycles. The highest BCUT2D eigenvalue weighted by Gasteiger charge is 2.42. The molecular formula is C20H29N4O6S-. The highest BCUT2D eigenvalue weighted by atomic mass is 32.2. The number of aliphatic carboxylic acids is 1. The van der Waals surface area contributed by atoms with Crippen molar-refractivity contribution in [2.24, 2.45) is 0 Å². The fraction of sp³-hybridized carbons (Fsp3) is 0.750. The van der Waals surface area contributed by atoms with Crippen molar-refractivity contribution < 1.29 is 29.1 Å². The summed E-state index contributed by atoms with van der Waals surface area (Å²) in [6.45, 7) is 0.417. The van der Waals surface area contributed by atoms with Crippen LogP contribution < -0.4 is 21.1 Å². The third-order valence-corrected chi connectivity index (χ3v) is 7.49. The summed E-state index contributed by atoms with van der Waals surface area (Å²) in [7, 11) is 0. The largest absolute Gasteiger partial charge is 0.548 e. The average molecular weight is 454 g/mol. The van der Waals surface area contributed by atoms with Crippen LogP contribution in [-0.2, 0) is 19.2 Å². The number of imide groups is 1. The number of nitrogens with one attached hydrogen (secondary N) is 3. The van der Waals surface area contributed by atoms with Gasteiger partial charge < -0.3 is 25.9 Å². The molecule has 3 heterocycles. The van der Waals surface area contributed by atoms with Gasteiger partial charge in [-0.15, -0.1) is 0 Å². The molecule has 3 rings (SSSR count). The van der Waals surface area contributed by atoms with Crippen molar-refractivity contribution in [3.05, 3.63) is 0 Å². The molecule has 3 saturated heterocycles. The molecule has 0 saturated carbocycles. The summed E-state index contributed by atoms with van der Waals surface area (Å²) >= 11 is 1.86. The second kappa shape index (κ2) is 10.8. The van der Waals surface area contributed by atoms with Crippen LogP contribution >= 0.6 is 11.8 Å². The second-order valence-electron chi connectivity index (χ2n) is 8.21. The molecule has 0 spiro atoms. The van der Waals surface area contributed by atoms with E-state index in [2.05, 4.69) is 16.0 Å². The van der Waals surface area contributed by atoms with Crippen molar-refractivity contribution in [1.29, 1.82) is 0 Å². The molecule has 0 aliphatic carbocycles. The maximum absolute atomic E-state index is 12.0. The second-order valence-corrected chi connectivity index (χ2v) is 9.48. The van der Waals surface area contributed by atoms with Gasteiger partial charge in [0.25, 0.3) is 0 Å². The van der Waals surface area contributed by atoms with Crippen molar-refractivity contribution in [1.82, 2.24) is 20.9 Å². The zero-order valence-electron chi connectivity index (χ0n) is 17.4. The zero-order chi connectivity index (χ0) is 22.4. The van der Waals surface area contributed by atoms with E-state index in [0.29, 0.717) is 31.1 Å². The topological polar surface area (TPSA) is 148 Å². The van der Waals surface area contributed by atoms with E-state index in [-0.39, 0.29) is 43.3 Å². The number of nitrogens with zero attached hydrogens (tertiary/aromatic N) is 1. The van der Waals surface area contributed by atoms with Crippen LogP contribution in [0.5, 0.6) is 0 Å². The first kappa shape index (κ1) is 23.4. The number of urea groups is 1. The Hall–Kier alpha value is -2.30. The van der Waals surface area contributed by atoms with Crippen LogP contribution in [0.1, 0.15) is 57.8 Å². The van der Waals surface area contributed by atoms with Gasteiger partial charge in [-0.3, -0.25) is 19.3 Å². The van der Waals surface area contributed by atoms with Crippen LogP contribution in [0.2, 0.25) is 0 Å². The number of fused-ring (bicyclic) bond motifs is 1. The molecule has 3 aliphatic heterocycles. The summed E-state index contributed by atoms with van der Waals surface area (Å²) in [5, 5.41) is 20.4. The zero-order valence-corrected chi connectivity index (χ0v) is 18.2. The van der Waals surface area contributed by atoms with Crippen molar-refractivity contribution in [2.75, 3.05) is 12.3 Å². The molecule has 31 heavy (non-hydrogen) atoms. The molecule has 172 valence electrons. The van der Waals surface area contributed by atoms with Crippen LogP contribution in [0.3, 0.4) is 0 Å². The molecule has 3 fully saturated rings. The summed E-state index contributed by atoms with van der Waals surface area (Å²) in [6.07, 6.45) is 4.30. The Labute approximate surface area is 185 Å². The van der Waals surface area contributed by atoms with Gasteiger partial charge in [0.1, 0.15) is 0 Å². The lowest BCUT2D eigenvalue weighted by Crippen LogP contribution is -2.50. The first-order chi connectivity index (χ1) is 14.9. The fourth-order valence-corrected chi connectivity index (χ4v) is 5.89. The van der Waals surface area contributed by atoms with E-state index in [1.165, 1.54) is 0 Å². The molecule has 3 N–H and O–H groups in total. The van der Waals surface area contributed by atoms with E-state index in [1.807, 2.05) is 11.8 Å². The molecule has 4 atom stereocenters. The van der Waals surface area contributed by atoms with E-state index in [9.17, 15) is 29.1 Å². The van der Waals surface area contributed by atoms with Gasteiger partial charge >= 0.3 is 6.03 Å². The maximum Gasteiger partial charge on any atom is 0.315 e. The third-order valence-electron chi connectivity index (χ3n) is 5.98. The van der Waals surface area contributed by atoms with Gasteiger partial charge in [-0.05, 0) is 32.1 Å². The number of thioether (sulfide) groups is 1. The number of rotatable bonds is 12. The molecular weight excluding hydrogens is 424 g/mol. The fourth-order valence-electron chi connectivity index (χ4n) is 4.35. The number of carboxylic acids is 1. The number of amides is 5. The number of carbonyl (C=O) groups is 5. The summed E-state index contributed by atoms with van der Waals surface area (Å²) in [5.74, 6) is -1.48. The Morgan fingerprint density at radius 3 is 2.55 bits per heavy atom. The van der Waals surface area contributed by atoms with E-state index >= 15 is 0 Å². The summed E-state index contributed by atoms with van der Waals surface area (Å²) in [6, 6.07) is -0.929. The van der Waals surface area contributed by atoms with Crippen molar-refractivity contribution in [3.8, 4) is 0 Å². The van der Waals surface area contributed by atoms with Gasteiger partial charge in [-0.1, -0.05) is 6.42 Å². The van der Waals surface area contributed by atoms with Gasteiger partial charge in [0, 0.05) is 36.8 Å². The van der Waals surface area contributed by atoms with Gasteiger partial charge in [-0.25, -0.2) is 4.79 Å². The predicted molar refractivity (Wildman–Crippen MR) is 111 cm³/mol. The molecule has 11 heteroatoms. The number of unbranched alkanes of at least 4 members (excludes halogenated alkanes) is 2. The van der Waals surface area contributed by atoms with E-state index in [0.717, 1.165) is 29.9 Å². The molecule has 0 aromatic rings. The van der Waals surface area contributed by atoms with Crippen LogP contribution in [0, 0.1) is 0 Å². The molecule has 0 radical (unpaired) electrons. The number of hydrogen-bond donors (Lipinski definition) is 3. The average Bonchev–Trinajstić information content (AvgIpc) is 3.37. The van der Waals surface area contributed by atoms with E-state index in [4.69, 9.17) is 0 Å². The minimum atomic E-state index is -1.42. The number of carboxylic acid groups (broad SMARTS) is 1. The first-order valence-corrected chi connectivity index (χ1v) is 11.9.